The van der Waals surface area contributed by atoms with E-state index in [0.29, 0.717) is 18.0 Å². The molecule has 0 aromatic carbocycles. The van der Waals surface area contributed by atoms with Gasteiger partial charge in [0.05, 0.1) is 12.3 Å². The summed E-state index contributed by atoms with van der Waals surface area (Å²) >= 11 is 0. The molecule has 7 nitrogen and oxygen atoms in total. The number of fused-ring (bicyclic) bond motifs is 1. The minimum absolute atomic E-state index is 0.0204. The monoisotopic (exact) mass is 276 g/mol. The molecule has 1 saturated heterocycles. The molecular formula is C13H16N4O3. The average molecular weight is 276 g/mol. The van der Waals surface area contributed by atoms with Crippen LogP contribution >= 0.6 is 0 Å². The Balaban J connectivity index is 1.76. The molecule has 1 unspecified atom stereocenters. The molecule has 1 aliphatic rings. The Hall–Kier alpha value is -2.15. The highest BCUT2D eigenvalue weighted by molar-refractivity contribution is 5.62. The number of pyridine rings is 1. The highest BCUT2D eigenvalue weighted by atomic mass is 16.6. The third kappa shape index (κ3) is 2.44. The smallest absolute Gasteiger partial charge is 0.372 e. The second-order valence-corrected chi connectivity index (χ2v) is 4.82. The van der Waals surface area contributed by atoms with E-state index in [1.807, 2.05) is 6.07 Å². The van der Waals surface area contributed by atoms with Gasteiger partial charge in [-0.1, -0.05) is 6.07 Å². The normalized spacial score (nSPS) is 18.5. The Morgan fingerprint density at radius 1 is 1.55 bits per heavy atom. The first-order chi connectivity index (χ1) is 9.75. The fraction of sp³-hybridized carbons (Fsp3) is 0.462. The van der Waals surface area contributed by atoms with E-state index in [0.717, 1.165) is 25.9 Å². The van der Waals surface area contributed by atoms with Crippen LogP contribution in [0.15, 0.2) is 24.4 Å². The van der Waals surface area contributed by atoms with E-state index in [9.17, 15) is 10.1 Å². The molecule has 0 saturated carbocycles. The molecule has 0 radical (unpaired) electrons. The number of anilines is 1. The highest BCUT2D eigenvalue weighted by Crippen LogP contribution is 2.25. The van der Waals surface area contributed by atoms with E-state index in [-0.39, 0.29) is 11.9 Å². The van der Waals surface area contributed by atoms with Gasteiger partial charge in [0, 0.05) is 19.2 Å². The van der Waals surface area contributed by atoms with E-state index in [4.69, 9.17) is 4.74 Å². The zero-order valence-corrected chi connectivity index (χ0v) is 11.0. The Bertz CT molecular complexity index is 619. The van der Waals surface area contributed by atoms with Gasteiger partial charge in [0.25, 0.3) is 0 Å². The van der Waals surface area contributed by atoms with E-state index in [1.54, 1.807) is 18.3 Å². The number of imidazole rings is 1. The fourth-order valence-electron chi connectivity index (χ4n) is 2.50. The summed E-state index contributed by atoms with van der Waals surface area (Å²) in [6.45, 7) is 1.44. The van der Waals surface area contributed by atoms with E-state index in [2.05, 4.69) is 10.3 Å². The molecule has 1 N–H and O–H groups in total. The minimum atomic E-state index is -0.408. The molecule has 0 aliphatic carbocycles. The number of hydrogen-bond acceptors (Lipinski definition) is 5. The van der Waals surface area contributed by atoms with Crippen molar-refractivity contribution in [2.75, 3.05) is 18.5 Å². The number of rotatable bonds is 5. The lowest BCUT2D eigenvalue weighted by molar-refractivity contribution is -0.389. The molecule has 0 bridgehead atoms. The van der Waals surface area contributed by atoms with Crippen LogP contribution in [-0.2, 0) is 4.74 Å². The predicted molar refractivity (Wildman–Crippen MR) is 73.9 cm³/mol. The first-order valence-electron chi connectivity index (χ1n) is 6.72. The van der Waals surface area contributed by atoms with Gasteiger partial charge in [0.15, 0.2) is 0 Å². The van der Waals surface area contributed by atoms with E-state index in [1.165, 1.54) is 4.40 Å². The molecule has 2 aromatic rings. The van der Waals surface area contributed by atoms with Crippen molar-refractivity contribution in [2.45, 2.75) is 25.4 Å². The fourth-order valence-corrected chi connectivity index (χ4v) is 2.50. The first-order valence-corrected chi connectivity index (χ1v) is 6.72. The Kier molecular flexibility index (Phi) is 3.51. The third-order valence-corrected chi connectivity index (χ3v) is 3.46. The maximum Gasteiger partial charge on any atom is 0.372 e. The molecule has 1 atom stereocenters. The lowest BCUT2D eigenvalue weighted by atomic mass is 10.2. The van der Waals surface area contributed by atoms with Crippen molar-refractivity contribution in [1.82, 2.24) is 9.38 Å². The zero-order chi connectivity index (χ0) is 13.9. The number of nitro groups is 1. The van der Waals surface area contributed by atoms with Gasteiger partial charge in [0.2, 0.25) is 11.5 Å². The number of nitrogens with zero attached hydrogens (tertiary/aromatic N) is 3. The SMILES string of the molecule is O=[N+]([O-])c1c(NCCC2CCCO2)nc2ccccn12. The summed E-state index contributed by atoms with van der Waals surface area (Å²) in [6.07, 6.45) is 4.91. The number of ether oxygens (including phenoxy) is 1. The second-order valence-electron chi connectivity index (χ2n) is 4.82. The summed E-state index contributed by atoms with van der Waals surface area (Å²) in [7, 11) is 0. The average Bonchev–Trinajstić information content (AvgIpc) is 3.05. The summed E-state index contributed by atoms with van der Waals surface area (Å²) in [4.78, 5) is 15.1. The minimum Gasteiger partial charge on any atom is -0.378 e. The van der Waals surface area contributed by atoms with Gasteiger partial charge in [-0.05, 0) is 30.3 Å². The predicted octanol–water partition coefficient (Wildman–Crippen LogP) is 2.22. The number of aromatic nitrogens is 2. The van der Waals surface area contributed by atoms with Crippen molar-refractivity contribution < 1.29 is 9.66 Å². The quantitative estimate of drug-likeness (QED) is 0.669. The third-order valence-electron chi connectivity index (χ3n) is 3.46. The molecule has 2 aromatic heterocycles. The topological polar surface area (TPSA) is 81.7 Å². The van der Waals surface area contributed by atoms with Crippen LogP contribution in [0.25, 0.3) is 5.65 Å². The van der Waals surface area contributed by atoms with Gasteiger partial charge in [-0.3, -0.25) is 0 Å². The largest absolute Gasteiger partial charge is 0.378 e. The van der Waals surface area contributed by atoms with Crippen molar-refractivity contribution in [1.29, 1.82) is 0 Å². The summed E-state index contributed by atoms with van der Waals surface area (Å²) in [5, 5.41) is 14.3. The number of hydrogen-bond donors (Lipinski definition) is 1. The molecule has 0 spiro atoms. The van der Waals surface area contributed by atoms with Gasteiger partial charge in [-0.2, -0.15) is 9.38 Å². The molecule has 106 valence electrons. The maximum atomic E-state index is 11.2. The van der Waals surface area contributed by atoms with Crippen molar-refractivity contribution >= 4 is 17.3 Å². The van der Waals surface area contributed by atoms with Crippen molar-refractivity contribution in [3.8, 4) is 0 Å². The van der Waals surface area contributed by atoms with Crippen LogP contribution in [0.5, 0.6) is 0 Å². The van der Waals surface area contributed by atoms with Crippen LogP contribution < -0.4 is 5.32 Å². The van der Waals surface area contributed by atoms with Gasteiger partial charge < -0.3 is 20.2 Å². The molecule has 3 rings (SSSR count). The van der Waals surface area contributed by atoms with E-state index >= 15 is 0 Å². The Labute approximate surface area is 115 Å². The van der Waals surface area contributed by atoms with E-state index < -0.39 is 4.92 Å². The number of nitrogens with one attached hydrogen (secondary N) is 1. The van der Waals surface area contributed by atoms with Crippen LogP contribution in [0.2, 0.25) is 0 Å². The van der Waals surface area contributed by atoms with Gasteiger partial charge >= 0.3 is 5.82 Å². The molecule has 7 heteroatoms. The molecule has 3 heterocycles. The maximum absolute atomic E-state index is 11.2. The van der Waals surface area contributed by atoms with Crippen LogP contribution in [0, 0.1) is 10.1 Å². The van der Waals surface area contributed by atoms with Crippen molar-refractivity contribution in [3.63, 3.8) is 0 Å². The molecule has 0 amide bonds. The summed E-state index contributed by atoms with van der Waals surface area (Å²) in [5.41, 5.74) is 0.568. The highest BCUT2D eigenvalue weighted by Gasteiger charge is 2.22. The first kappa shape index (κ1) is 12.9. The van der Waals surface area contributed by atoms with Crippen LogP contribution in [-0.4, -0.2) is 33.6 Å². The van der Waals surface area contributed by atoms with Crippen LogP contribution in [0.3, 0.4) is 0 Å². The van der Waals surface area contributed by atoms with Crippen LogP contribution in [0.4, 0.5) is 11.6 Å². The lowest BCUT2D eigenvalue weighted by Gasteiger charge is -2.09. The van der Waals surface area contributed by atoms with Gasteiger partial charge in [-0.25, -0.2) is 0 Å². The second kappa shape index (κ2) is 5.46. The van der Waals surface area contributed by atoms with Crippen LogP contribution in [0.1, 0.15) is 19.3 Å². The van der Waals surface area contributed by atoms with Crippen molar-refractivity contribution in [2.24, 2.45) is 0 Å². The Morgan fingerprint density at radius 2 is 2.45 bits per heavy atom. The summed E-state index contributed by atoms with van der Waals surface area (Å²) in [5.74, 6) is 0.298. The van der Waals surface area contributed by atoms with Crippen molar-refractivity contribution in [3.05, 3.63) is 34.5 Å². The standard InChI is InChI=1S/C13H16N4O3/c18-17(19)13-12(14-7-6-10-4-3-9-20-10)15-11-5-1-2-8-16(11)13/h1-2,5,8,10,14H,3-4,6-7,9H2. The summed E-state index contributed by atoms with van der Waals surface area (Å²) < 4.78 is 7.01. The Morgan fingerprint density at radius 3 is 3.20 bits per heavy atom. The molecule has 20 heavy (non-hydrogen) atoms. The van der Waals surface area contributed by atoms with Gasteiger partial charge in [-0.15, -0.1) is 0 Å². The van der Waals surface area contributed by atoms with Gasteiger partial charge in [0.1, 0.15) is 0 Å². The summed E-state index contributed by atoms with van der Waals surface area (Å²) in [6, 6.07) is 5.30. The molecule has 1 fully saturated rings. The lowest BCUT2D eigenvalue weighted by Crippen LogP contribution is -2.13. The molecule has 1 aliphatic heterocycles. The zero-order valence-electron chi connectivity index (χ0n) is 11.0. The molecular weight excluding hydrogens is 260 g/mol.